The maximum absolute atomic E-state index is 13.1. The molecule has 0 aliphatic heterocycles. The molecule has 0 saturated carbocycles. The van der Waals surface area contributed by atoms with Crippen LogP contribution in [0.3, 0.4) is 0 Å². The molecule has 0 aliphatic carbocycles. The van der Waals surface area contributed by atoms with Crippen molar-refractivity contribution in [2.45, 2.75) is 26.3 Å². The van der Waals surface area contributed by atoms with Gasteiger partial charge in [0.05, 0.1) is 13.0 Å². The number of carbonyl (C=O) groups is 3. The third-order valence-electron chi connectivity index (χ3n) is 3.04. The highest BCUT2D eigenvalue weighted by molar-refractivity contribution is 5.97. The van der Waals surface area contributed by atoms with Gasteiger partial charge in [0.15, 0.2) is 0 Å². The Morgan fingerprint density at radius 1 is 1.36 bits per heavy atom. The fourth-order valence-electron chi connectivity index (χ4n) is 1.95. The second-order valence-electron chi connectivity index (χ2n) is 4.85. The fraction of sp³-hybridized carbons (Fsp3) is 0.400. The van der Waals surface area contributed by atoms with Crippen LogP contribution in [0.5, 0.6) is 0 Å². The number of hydrogen-bond donors (Lipinski definition) is 2. The average molecular weight is 310 g/mol. The zero-order chi connectivity index (χ0) is 16.7. The van der Waals surface area contributed by atoms with Crippen LogP contribution in [-0.2, 0) is 14.3 Å². The average Bonchev–Trinajstić information content (AvgIpc) is 2.44. The van der Waals surface area contributed by atoms with Crippen LogP contribution in [0.25, 0.3) is 0 Å². The number of ether oxygens (including phenoxy) is 1. The molecule has 3 N–H and O–H groups in total. The molecule has 6 nitrogen and oxygen atoms in total. The molecule has 1 aromatic rings. The van der Waals surface area contributed by atoms with Crippen molar-refractivity contribution >= 4 is 17.8 Å². The minimum Gasteiger partial charge on any atom is -0.466 e. The van der Waals surface area contributed by atoms with Crippen LogP contribution in [0.4, 0.5) is 4.39 Å². The Hall–Kier alpha value is -2.44. The van der Waals surface area contributed by atoms with Crippen molar-refractivity contribution < 1.29 is 23.5 Å². The molecule has 0 aromatic heterocycles. The summed E-state index contributed by atoms with van der Waals surface area (Å²) < 4.78 is 17.9. The van der Waals surface area contributed by atoms with E-state index in [0.717, 1.165) is 6.07 Å². The minimum atomic E-state index is -1.06. The number of primary amides is 1. The quantitative estimate of drug-likeness (QED) is 0.734. The molecule has 0 bridgehead atoms. The highest BCUT2D eigenvalue weighted by Crippen LogP contribution is 2.11. The zero-order valence-electron chi connectivity index (χ0n) is 12.5. The van der Waals surface area contributed by atoms with Crippen LogP contribution in [0.2, 0.25) is 0 Å². The third kappa shape index (κ3) is 5.16. The Bertz CT molecular complexity index is 562. The van der Waals surface area contributed by atoms with Crippen molar-refractivity contribution in [3.63, 3.8) is 0 Å². The van der Waals surface area contributed by atoms with Crippen molar-refractivity contribution in [3.8, 4) is 0 Å². The number of halogens is 1. The first-order valence-corrected chi connectivity index (χ1v) is 6.86. The molecule has 0 unspecified atom stereocenters. The number of nitrogens with two attached hydrogens (primary N) is 1. The molecule has 7 heteroatoms. The molecule has 0 aliphatic rings. The van der Waals surface area contributed by atoms with E-state index in [1.165, 1.54) is 18.2 Å². The number of benzene rings is 1. The van der Waals surface area contributed by atoms with Gasteiger partial charge in [-0.1, -0.05) is 13.0 Å². The Morgan fingerprint density at radius 2 is 2.05 bits per heavy atom. The normalized spacial score (nSPS) is 13.0. The van der Waals surface area contributed by atoms with E-state index in [0.29, 0.717) is 0 Å². The summed E-state index contributed by atoms with van der Waals surface area (Å²) in [5.74, 6) is -3.02. The maximum Gasteiger partial charge on any atom is 0.306 e. The van der Waals surface area contributed by atoms with Crippen LogP contribution >= 0.6 is 0 Å². The topological polar surface area (TPSA) is 98.5 Å². The highest BCUT2D eigenvalue weighted by atomic mass is 19.1. The van der Waals surface area contributed by atoms with E-state index in [1.54, 1.807) is 13.8 Å². The Kier molecular flexibility index (Phi) is 6.49. The molecule has 0 heterocycles. The van der Waals surface area contributed by atoms with Crippen LogP contribution in [0.15, 0.2) is 24.3 Å². The van der Waals surface area contributed by atoms with Gasteiger partial charge in [0.25, 0.3) is 5.91 Å². The van der Waals surface area contributed by atoms with Crippen LogP contribution in [-0.4, -0.2) is 30.4 Å². The second-order valence-corrected chi connectivity index (χ2v) is 4.85. The van der Waals surface area contributed by atoms with Crippen molar-refractivity contribution in [1.29, 1.82) is 0 Å². The van der Waals surface area contributed by atoms with Crippen LogP contribution in [0.1, 0.15) is 30.6 Å². The minimum absolute atomic E-state index is 0.0644. The van der Waals surface area contributed by atoms with Gasteiger partial charge in [0.1, 0.15) is 11.9 Å². The number of esters is 1. The smallest absolute Gasteiger partial charge is 0.306 e. The second kappa shape index (κ2) is 8.11. The lowest BCUT2D eigenvalue weighted by molar-refractivity contribution is -0.144. The largest absolute Gasteiger partial charge is 0.466 e. The summed E-state index contributed by atoms with van der Waals surface area (Å²) in [5, 5.41) is 2.42. The SMILES string of the molecule is CCOC(=O)C[C@@H](C)[C@H](NC(=O)c1cccc(F)c1)C(N)=O. The summed E-state index contributed by atoms with van der Waals surface area (Å²) in [6.07, 6.45) is -0.0646. The molecule has 0 saturated heterocycles. The van der Waals surface area contributed by atoms with Gasteiger partial charge in [-0.2, -0.15) is 0 Å². The summed E-state index contributed by atoms with van der Waals surface area (Å²) in [4.78, 5) is 35.0. The van der Waals surface area contributed by atoms with Gasteiger partial charge < -0.3 is 15.8 Å². The first-order valence-electron chi connectivity index (χ1n) is 6.86. The third-order valence-corrected chi connectivity index (χ3v) is 3.04. The molecule has 1 aromatic carbocycles. The molecule has 2 amide bonds. The van der Waals surface area contributed by atoms with Gasteiger partial charge in [-0.25, -0.2) is 4.39 Å². The number of carbonyl (C=O) groups excluding carboxylic acids is 3. The summed E-state index contributed by atoms with van der Waals surface area (Å²) in [7, 11) is 0. The van der Waals surface area contributed by atoms with Gasteiger partial charge in [-0.05, 0) is 31.0 Å². The lowest BCUT2D eigenvalue weighted by Gasteiger charge is -2.21. The predicted molar refractivity (Wildman–Crippen MR) is 77.3 cm³/mol. The number of rotatable bonds is 7. The van der Waals surface area contributed by atoms with Gasteiger partial charge in [0, 0.05) is 5.56 Å². The van der Waals surface area contributed by atoms with E-state index < -0.39 is 35.6 Å². The van der Waals surface area contributed by atoms with E-state index in [4.69, 9.17) is 10.5 Å². The number of hydrogen-bond acceptors (Lipinski definition) is 4. The molecule has 1 rings (SSSR count). The first-order chi connectivity index (χ1) is 10.3. The van der Waals surface area contributed by atoms with E-state index in [-0.39, 0.29) is 18.6 Å². The standard InChI is InChI=1S/C15H19FN2O4/c1-3-22-12(19)7-9(2)13(14(17)20)18-15(21)10-5-4-6-11(16)8-10/h4-6,8-9,13H,3,7H2,1-2H3,(H2,17,20)(H,18,21)/t9-,13+/m1/s1. The van der Waals surface area contributed by atoms with Gasteiger partial charge in [0.2, 0.25) is 5.91 Å². The summed E-state index contributed by atoms with van der Waals surface area (Å²) >= 11 is 0. The van der Waals surface area contributed by atoms with Gasteiger partial charge in [-0.15, -0.1) is 0 Å². The van der Waals surface area contributed by atoms with Crippen molar-refractivity contribution in [1.82, 2.24) is 5.32 Å². The van der Waals surface area contributed by atoms with Crippen molar-refractivity contribution in [3.05, 3.63) is 35.6 Å². The lowest BCUT2D eigenvalue weighted by atomic mass is 9.97. The lowest BCUT2D eigenvalue weighted by Crippen LogP contribution is -2.49. The number of amides is 2. The van der Waals surface area contributed by atoms with Gasteiger partial charge in [-0.3, -0.25) is 14.4 Å². The van der Waals surface area contributed by atoms with Gasteiger partial charge >= 0.3 is 5.97 Å². The molecule has 0 spiro atoms. The molecule has 2 atom stereocenters. The fourth-order valence-corrected chi connectivity index (χ4v) is 1.95. The predicted octanol–water partition coefficient (Wildman–Crippen LogP) is 0.999. The highest BCUT2D eigenvalue weighted by Gasteiger charge is 2.27. The van der Waals surface area contributed by atoms with E-state index in [1.807, 2.05) is 0 Å². The number of nitrogens with one attached hydrogen (secondary N) is 1. The summed E-state index contributed by atoms with van der Waals surface area (Å²) in [6.45, 7) is 3.49. The Morgan fingerprint density at radius 3 is 2.59 bits per heavy atom. The summed E-state index contributed by atoms with van der Waals surface area (Å²) in [5.41, 5.74) is 5.33. The van der Waals surface area contributed by atoms with E-state index in [9.17, 15) is 18.8 Å². The molecule has 0 fully saturated rings. The van der Waals surface area contributed by atoms with Crippen LogP contribution < -0.4 is 11.1 Å². The van der Waals surface area contributed by atoms with E-state index >= 15 is 0 Å². The molecular formula is C15H19FN2O4. The molecule has 0 radical (unpaired) electrons. The Labute approximate surface area is 127 Å². The summed E-state index contributed by atoms with van der Waals surface area (Å²) in [6, 6.07) is 3.98. The molecular weight excluding hydrogens is 291 g/mol. The van der Waals surface area contributed by atoms with Crippen LogP contribution in [0, 0.1) is 11.7 Å². The van der Waals surface area contributed by atoms with E-state index in [2.05, 4.69) is 5.32 Å². The molecule has 120 valence electrons. The Balaban J connectivity index is 2.77. The molecule has 22 heavy (non-hydrogen) atoms. The van der Waals surface area contributed by atoms with Crippen molar-refractivity contribution in [2.75, 3.05) is 6.61 Å². The first kappa shape index (κ1) is 17.6. The monoisotopic (exact) mass is 310 g/mol. The zero-order valence-corrected chi connectivity index (χ0v) is 12.5. The maximum atomic E-state index is 13.1. The van der Waals surface area contributed by atoms with Crippen molar-refractivity contribution in [2.24, 2.45) is 11.7 Å².